The van der Waals surface area contributed by atoms with Gasteiger partial charge in [-0.3, -0.25) is 20.2 Å². The number of quaternary nitrogens is 2. The molecule has 0 amide bonds. The smallest absolute Gasteiger partial charge is 0.269 e. The maximum absolute atomic E-state index is 10.7. The summed E-state index contributed by atoms with van der Waals surface area (Å²) in [5.74, 6) is -4.37. The van der Waals surface area contributed by atoms with Gasteiger partial charge in [-0.1, -0.05) is 129 Å². The lowest BCUT2D eigenvalue weighted by Crippen LogP contribution is -3.12. The van der Waals surface area contributed by atoms with E-state index in [4.69, 9.17) is 19.8 Å². The van der Waals surface area contributed by atoms with Crippen LogP contribution < -0.4 is 20.0 Å². The summed E-state index contributed by atoms with van der Waals surface area (Å²) in [6.45, 7) is 17.0. The van der Waals surface area contributed by atoms with Crippen LogP contribution in [0.1, 0.15) is 193 Å². The number of aliphatic carboxylic acids is 2. The number of benzene rings is 2. The van der Waals surface area contributed by atoms with Crippen molar-refractivity contribution in [2.75, 3.05) is 39.3 Å². The van der Waals surface area contributed by atoms with Crippen LogP contribution in [0.2, 0.25) is 0 Å². The van der Waals surface area contributed by atoms with Gasteiger partial charge >= 0.3 is 0 Å². The number of carbonyl (C=O) groups is 2. The summed E-state index contributed by atoms with van der Waals surface area (Å²) < 4.78 is 0. The molecule has 0 aliphatic rings. The van der Waals surface area contributed by atoms with Crippen molar-refractivity contribution in [2.45, 2.75) is 195 Å². The van der Waals surface area contributed by atoms with Gasteiger partial charge in [-0.05, 0) is 101 Å². The Balaban J connectivity index is 0.00000106. The van der Waals surface area contributed by atoms with Gasteiger partial charge in [0.1, 0.15) is 0 Å². The lowest BCUT2D eigenvalue weighted by molar-refractivity contribution is -0.901. The third kappa shape index (κ3) is 34.7. The molecule has 2 N–H and O–H groups in total. The van der Waals surface area contributed by atoms with E-state index in [2.05, 4.69) is 27.7 Å². The van der Waals surface area contributed by atoms with Crippen LogP contribution in [0.3, 0.4) is 0 Å². The zero-order valence-electron chi connectivity index (χ0n) is 39.4. The number of nitro benzene ring substituents is 2. The molecule has 12 heteroatoms. The molecule has 0 spiro atoms. The van der Waals surface area contributed by atoms with E-state index in [1.54, 1.807) is 34.1 Å². The van der Waals surface area contributed by atoms with E-state index in [0.717, 1.165) is 12.8 Å². The Hall–Kier alpha value is -3.90. The first-order valence-electron chi connectivity index (χ1n) is 24.5. The molecule has 2 aromatic rings. The van der Waals surface area contributed by atoms with Gasteiger partial charge < -0.3 is 29.6 Å². The fourth-order valence-electron chi connectivity index (χ4n) is 7.64. The molecule has 0 saturated heterocycles. The first kappa shape index (κ1) is 58.1. The largest absolute Gasteiger partial charge is 0.543 e. The molecule has 0 saturated carbocycles. The van der Waals surface area contributed by atoms with Crippen molar-refractivity contribution in [3.05, 3.63) is 79.9 Å². The van der Waals surface area contributed by atoms with Crippen molar-refractivity contribution < 1.29 is 39.4 Å². The van der Waals surface area contributed by atoms with Crippen molar-refractivity contribution in [1.82, 2.24) is 0 Å². The SMILES string of the molecule is CCCCCCC[NH+](CCCCCCC)CCCCc1ccc([N+](=O)[O-])cc1.CCCCCCC[NH+](CCCCCCC)CCCCc1ccc([N+](=O)[O-])cc1.O=C([O-])C(=O)[O-]. The Bertz CT molecular complexity index is 1260. The maximum atomic E-state index is 10.7. The lowest BCUT2D eigenvalue weighted by atomic mass is 10.1. The second-order valence-electron chi connectivity index (χ2n) is 17.0. The van der Waals surface area contributed by atoms with Crippen LogP contribution in [0, 0.1) is 20.2 Å². The monoisotopic (exact) mass is 871 g/mol. The predicted octanol–water partition coefficient (Wildman–Crippen LogP) is 7.97. The van der Waals surface area contributed by atoms with Crippen LogP contribution in [0.4, 0.5) is 11.4 Å². The van der Waals surface area contributed by atoms with Crippen LogP contribution in [0.5, 0.6) is 0 Å². The minimum absolute atomic E-state index is 0.186. The van der Waals surface area contributed by atoms with E-state index in [1.807, 2.05) is 24.3 Å². The van der Waals surface area contributed by atoms with E-state index >= 15 is 0 Å². The fourth-order valence-corrected chi connectivity index (χ4v) is 7.64. The Labute approximate surface area is 375 Å². The molecular weight excluding hydrogens is 785 g/mol. The number of hydrogen-bond donors (Lipinski definition) is 2. The van der Waals surface area contributed by atoms with Crippen molar-refractivity contribution in [1.29, 1.82) is 0 Å². The van der Waals surface area contributed by atoms with E-state index < -0.39 is 11.9 Å². The van der Waals surface area contributed by atoms with Gasteiger partial charge in [0.05, 0.1) is 61.1 Å². The van der Waals surface area contributed by atoms with Crippen molar-refractivity contribution >= 4 is 23.3 Å². The number of hydrogen-bond acceptors (Lipinski definition) is 8. The van der Waals surface area contributed by atoms with Crippen molar-refractivity contribution in [3.63, 3.8) is 0 Å². The number of carbonyl (C=O) groups excluding carboxylic acids is 2. The van der Waals surface area contributed by atoms with Gasteiger partial charge in [0.25, 0.3) is 11.4 Å². The number of rotatable bonds is 36. The summed E-state index contributed by atoms with van der Waals surface area (Å²) in [6, 6.07) is 14.1. The molecule has 0 fully saturated rings. The van der Waals surface area contributed by atoms with Crippen LogP contribution in [-0.4, -0.2) is 61.1 Å². The molecule has 62 heavy (non-hydrogen) atoms. The maximum Gasteiger partial charge on any atom is 0.269 e. The number of carboxylic acids is 2. The summed E-state index contributed by atoms with van der Waals surface area (Å²) in [5, 5.41) is 39.3. The van der Waals surface area contributed by atoms with Gasteiger partial charge in [-0.25, -0.2) is 0 Å². The third-order valence-corrected chi connectivity index (χ3v) is 11.5. The summed E-state index contributed by atoms with van der Waals surface area (Å²) in [4.78, 5) is 42.3. The lowest BCUT2D eigenvalue weighted by Gasteiger charge is -2.19. The van der Waals surface area contributed by atoms with Crippen molar-refractivity contribution in [3.8, 4) is 0 Å². The van der Waals surface area contributed by atoms with Gasteiger partial charge in [0.15, 0.2) is 0 Å². The summed E-state index contributed by atoms with van der Waals surface area (Å²) >= 11 is 0. The highest BCUT2D eigenvalue weighted by Gasteiger charge is 2.11. The Morgan fingerprint density at radius 3 is 0.823 bits per heavy atom. The first-order valence-corrected chi connectivity index (χ1v) is 24.5. The highest BCUT2D eigenvalue weighted by molar-refractivity contribution is 6.25. The normalized spacial score (nSPS) is 10.9. The molecule has 354 valence electrons. The summed E-state index contributed by atoms with van der Waals surface area (Å²) in [5.41, 5.74) is 2.80. The fraction of sp³-hybridized carbons (Fsp3) is 0.720. The van der Waals surface area contributed by atoms with Gasteiger partial charge in [-0.15, -0.1) is 0 Å². The van der Waals surface area contributed by atoms with Crippen LogP contribution in [0.25, 0.3) is 0 Å². The second kappa shape index (κ2) is 41.1. The molecule has 0 unspecified atom stereocenters. The van der Waals surface area contributed by atoms with Gasteiger partial charge in [0, 0.05) is 24.3 Å². The average Bonchev–Trinajstić information content (AvgIpc) is 3.26. The topological polar surface area (TPSA) is 175 Å². The molecule has 0 atom stereocenters. The Kier molecular flexibility index (Phi) is 38.5. The number of non-ortho nitro benzene ring substituents is 2. The van der Waals surface area contributed by atoms with E-state index in [1.165, 1.54) is 204 Å². The van der Waals surface area contributed by atoms with E-state index in [-0.39, 0.29) is 21.2 Å². The number of carboxylic acid groups (broad SMARTS) is 2. The number of nitrogens with one attached hydrogen (secondary N) is 2. The van der Waals surface area contributed by atoms with Gasteiger partial charge in [-0.2, -0.15) is 0 Å². The number of nitrogens with zero attached hydrogens (tertiary/aromatic N) is 2. The Morgan fingerprint density at radius 2 is 0.613 bits per heavy atom. The molecule has 0 aromatic heterocycles. The average molecular weight is 871 g/mol. The first-order chi connectivity index (χ1) is 30.0. The second-order valence-corrected chi connectivity index (χ2v) is 17.0. The number of unbranched alkanes of at least 4 members (excludes halogenated alkanes) is 18. The Morgan fingerprint density at radius 1 is 0.387 bits per heavy atom. The van der Waals surface area contributed by atoms with Gasteiger partial charge in [0.2, 0.25) is 0 Å². The summed E-state index contributed by atoms with van der Waals surface area (Å²) in [7, 11) is 0. The number of aryl methyl sites for hydroxylation is 2. The molecule has 2 rings (SSSR count). The minimum Gasteiger partial charge on any atom is -0.543 e. The highest BCUT2D eigenvalue weighted by atomic mass is 16.6. The van der Waals surface area contributed by atoms with Crippen LogP contribution in [-0.2, 0) is 22.4 Å². The number of nitro groups is 2. The van der Waals surface area contributed by atoms with Crippen LogP contribution in [0.15, 0.2) is 48.5 Å². The quantitative estimate of drug-likeness (QED) is 0.0300. The minimum atomic E-state index is -2.19. The standard InChI is InChI=1S/2C24H42N2O2.C2H2O4/c2*1-3-5-7-9-12-20-25(21-13-10-8-6-4-2)22-14-11-15-23-16-18-24(19-17-23)26(27)28;3-1(4)2(5)6/h2*16-19H,3-15,20-22H2,1-2H3;(H,3,4)(H,5,6). The molecule has 0 heterocycles. The molecule has 0 aliphatic carbocycles. The zero-order valence-corrected chi connectivity index (χ0v) is 39.4. The highest BCUT2D eigenvalue weighted by Crippen LogP contribution is 2.15. The third-order valence-electron chi connectivity index (χ3n) is 11.5. The molecular formula is C50H86N4O8. The zero-order chi connectivity index (χ0) is 46.1. The van der Waals surface area contributed by atoms with E-state index in [9.17, 15) is 20.2 Å². The molecule has 2 aromatic carbocycles. The molecule has 0 radical (unpaired) electrons. The van der Waals surface area contributed by atoms with E-state index in [0.29, 0.717) is 0 Å². The van der Waals surface area contributed by atoms with Crippen LogP contribution >= 0.6 is 0 Å². The summed E-state index contributed by atoms with van der Waals surface area (Å²) in [6.07, 6.45) is 34.2. The molecule has 0 bridgehead atoms. The van der Waals surface area contributed by atoms with Crippen molar-refractivity contribution in [2.24, 2.45) is 0 Å². The predicted molar refractivity (Wildman–Crippen MR) is 248 cm³/mol. The molecule has 0 aliphatic heterocycles. The molecule has 12 nitrogen and oxygen atoms in total.